The largest absolute Gasteiger partial charge is 0.508 e. The van der Waals surface area contributed by atoms with E-state index in [0.717, 1.165) is 34.5 Å². The molecule has 0 radical (unpaired) electrons. The summed E-state index contributed by atoms with van der Waals surface area (Å²) in [7, 11) is 0. The average molecular weight is 483 g/mol. The SMILES string of the molecule is CSc1ccc(C2C3=C(N=c4sc(=Cc5ccc(O)cc5)c(=O)n42)c2ccccc2CC3)cc1. The van der Waals surface area contributed by atoms with Crippen LogP contribution in [0.4, 0.5) is 0 Å². The minimum absolute atomic E-state index is 0.0267. The van der Waals surface area contributed by atoms with Crippen LogP contribution >= 0.6 is 23.1 Å². The second-order valence-corrected chi connectivity index (χ2v) is 10.4. The third-order valence-electron chi connectivity index (χ3n) is 6.50. The second-order valence-electron chi connectivity index (χ2n) is 8.48. The number of phenols is 1. The number of aryl methyl sites for hydroxylation is 1. The summed E-state index contributed by atoms with van der Waals surface area (Å²) in [5, 5.41) is 9.61. The number of hydrogen-bond acceptors (Lipinski definition) is 5. The molecule has 0 saturated carbocycles. The molecule has 1 aliphatic carbocycles. The first-order valence-electron chi connectivity index (χ1n) is 11.2. The van der Waals surface area contributed by atoms with Crippen LogP contribution in [0.25, 0.3) is 11.8 Å². The van der Waals surface area contributed by atoms with Crippen LogP contribution in [0.2, 0.25) is 0 Å². The van der Waals surface area contributed by atoms with E-state index in [1.165, 1.54) is 32.9 Å². The van der Waals surface area contributed by atoms with Crippen LogP contribution in [0.3, 0.4) is 0 Å². The van der Waals surface area contributed by atoms with Crippen molar-refractivity contribution in [3.63, 3.8) is 0 Å². The first kappa shape index (κ1) is 21.2. The lowest BCUT2D eigenvalue weighted by molar-refractivity contribution is 0.475. The van der Waals surface area contributed by atoms with Crippen LogP contribution in [0.15, 0.2) is 93.1 Å². The van der Waals surface area contributed by atoms with Gasteiger partial charge in [0.2, 0.25) is 0 Å². The van der Waals surface area contributed by atoms with Gasteiger partial charge in [0, 0.05) is 10.5 Å². The molecule has 1 aromatic heterocycles. The summed E-state index contributed by atoms with van der Waals surface area (Å²) in [6, 6.07) is 23.7. The monoisotopic (exact) mass is 482 g/mol. The Bertz CT molecular complexity index is 1610. The third kappa shape index (κ3) is 3.54. The summed E-state index contributed by atoms with van der Waals surface area (Å²) in [4.78, 5) is 20.7. The van der Waals surface area contributed by atoms with Crippen molar-refractivity contribution in [3.05, 3.63) is 120 Å². The van der Waals surface area contributed by atoms with Crippen molar-refractivity contribution in [1.82, 2.24) is 4.57 Å². The van der Waals surface area contributed by atoms with E-state index in [9.17, 15) is 9.90 Å². The van der Waals surface area contributed by atoms with E-state index in [4.69, 9.17) is 4.99 Å². The summed E-state index contributed by atoms with van der Waals surface area (Å²) < 4.78 is 2.51. The molecular formula is C28H22N2O2S2. The maximum atomic E-state index is 13.7. The Hall–Kier alpha value is -3.35. The molecule has 6 heteroatoms. The van der Waals surface area contributed by atoms with Crippen LogP contribution in [-0.4, -0.2) is 15.9 Å². The number of benzene rings is 3. The highest BCUT2D eigenvalue weighted by atomic mass is 32.2. The smallest absolute Gasteiger partial charge is 0.271 e. The first-order chi connectivity index (χ1) is 16.6. The Kier molecular flexibility index (Phi) is 5.27. The molecule has 4 nitrogen and oxygen atoms in total. The molecule has 6 rings (SSSR count). The van der Waals surface area contributed by atoms with E-state index in [2.05, 4.69) is 54.8 Å². The van der Waals surface area contributed by atoms with Crippen LogP contribution in [-0.2, 0) is 6.42 Å². The molecule has 0 spiro atoms. The minimum atomic E-state index is -0.169. The molecule has 0 bridgehead atoms. The number of phenolic OH excluding ortho intramolecular Hbond substituents is 1. The number of aromatic nitrogens is 1. The van der Waals surface area contributed by atoms with Crippen molar-refractivity contribution in [2.75, 3.05) is 6.26 Å². The van der Waals surface area contributed by atoms with Gasteiger partial charge in [0.25, 0.3) is 5.56 Å². The van der Waals surface area contributed by atoms with Gasteiger partial charge >= 0.3 is 0 Å². The van der Waals surface area contributed by atoms with Crippen molar-refractivity contribution in [2.24, 2.45) is 4.99 Å². The number of rotatable bonds is 3. The lowest BCUT2D eigenvalue weighted by atomic mass is 9.83. The molecule has 0 saturated heterocycles. The van der Waals surface area contributed by atoms with Crippen molar-refractivity contribution < 1.29 is 5.11 Å². The highest BCUT2D eigenvalue weighted by molar-refractivity contribution is 7.98. The van der Waals surface area contributed by atoms with Gasteiger partial charge in [0.05, 0.1) is 16.3 Å². The Morgan fingerprint density at radius 3 is 2.56 bits per heavy atom. The van der Waals surface area contributed by atoms with Gasteiger partial charge in [0.15, 0.2) is 4.80 Å². The number of aromatic hydroxyl groups is 1. The summed E-state index contributed by atoms with van der Waals surface area (Å²) in [5.74, 6) is 0.207. The summed E-state index contributed by atoms with van der Waals surface area (Å²) in [6.45, 7) is 0. The molecule has 3 aromatic carbocycles. The lowest BCUT2D eigenvalue weighted by Gasteiger charge is -2.30. The van der Waals surface area contributed by atoms with Crippen molar-refractivity contribution in [3.8, 4) is 5.75 Å². The predicted octanol–water partition coefficient (Wildman–Crippen LogP) is 4.75. The highest BCUT2D eigenvalue weighted by Gasteiger charge is 2.32. The molecule has 1 aliphatic heterocycles. The zero-order valence-electron chi connectivity index (χ0n) is 18.6. The molecule has 4 aromatic rings. The summed E-state index contributed by atoms with van der Waals surface area (Å²) in [5.41, 5.74) is 6.66. The number of hydrogen-bond donors (Lipinski definition) is 1. The normalized spacial score (nSPS) is 17.1. The number of allylic oxidation sites excluding steroid dienone is 1. The molecule has 0 fully saturated rings. The molecule has 168 valence electrons. The standard InChI is InChI=1S/C28H22N2O2S2/c1-33-21-13-8-19(9-14-21)26-23-15-10-18-4-2-3-5-22(18)25(23)29-28-30(26)27(32)24(34-28)16-17-6-11-20(31)12-7-17/h2-9,11-14,16,26,31H,10,15H2,1H3. The number of nitrogens with zero attached hydrogens (tertiary/aromatic N) is 2. The van der Waals surface area contributed by atoms with E-state index in [-0.39, 0.29) is 17.4 Å². The second kappa shape index (κ2) is 8.46. The van der Waals surface area contributed by atoms with E-state index in [1.807, 2.05) is 22.8 Å². The number of thioether (sulfide) groups is 1. The fraction of sp³-hybridized carbons (Fsp3) is 0.143. The zero-order valence-corrected chi connectivity index (χ0v) is 20.2. The molecule has 2 heterocycles. The molecule has 2 aliphatic rings. The van der Waals surface area contributed by atoms with Gasteiger partial charge in [0.1, 0.15) is 5.75 Å². The number of fused-ring (bicyclic) bond motifs is 3. The van der Waals surface area contributed by atoms with E-state index in [1.54, 1.807) is 23.9 Å². The molecule has 0 amide bonds. The van der Waals surface area contributed by atoms with Gasteiger partial charge in [-0.25, -0.2) is 4.99 Å². The zero-order chi connectivity index (χ0) is 23.2. The number of thiazole rings is 1. The Labute approximate surface area is 205 Å². The minimum Gasteiger partial charge on any atom is -0.508 e. The lowest BCUT2D eigenvalue weighted by Crippen LogP contribution is -2.38. The maximum Gasteiger partial charge on any atom is 0.271 e. The van der Waals surface area contributed by atoms with E-state index < -0.39 is 0 Å². The fourth-order valence-electron chi connectivity index (χ4n) is 4.83. The third-order valence-corrected chi connectivity index (χ3v) is 8.22. The van der Waals surface area contributed by atoms with E-state index in [0.29, 0.717) is 4.53 Å². The van der Waals surface area contributed by atoms with Gasteiger partial charge in [-0.15, -0.1) is 11.8 Å². The molecular weight excluding hydrogens is 460 g/mol. The average Bonchev–Trinajstić information content (AvgIpc) is 3.18. The first-order valence-corrected chi connectivity index (χ1v) is 13.2. The topological polar surface area (TPSA) is 54.6 Å². The maximum absolute atomic E-state index is 13.7. The van der Waals surface area contributed by atoms with Crippen LogP contribution in [0.5, 0.6) is 5.75 Å². The van der Waals surface area contributed by atoms with Gasteiger partial charge in [-0.05, 0) is 71.7 Å². The predicted molar refractivity (Wildman–Crippen MR) is 139 cm³/mol. The molecule has 1 N–H and O–H groups in total. The van der Waals surface area contributed by atoms with Gasteiger partial charge in [-0.1, -0.05) is 59.9 Å². The quantitative estimate of drug-likeness (QED) is 0.429. The Morgan fingerprint density at radius 2 is 1.79 bits per heavy atom. The van der Waals surface area contributed by atoms with Gasteiger partial charge in [-0.2, -0.15) is 0 Å². The van der Waals surface area contributed by atoms with Crippen molar-refractivity contribution in [2.45, 2.75) is 23.8 Å². The Morgan fingerprint density at radius 1 is 1.03 bits per heavy atom. The van der Waals surface area contributed by atoms with Crippen LogP contribution in [0.1, 0.15) is 34.7 Å². The van der Waals surface area contributed by atoms with Gasteiger partial charge in [-0.3, -0.25) is 9.36 Å². The van der Waals surface area contributed by atoms with Crippen LogP contribution < -0.4 is 14.9 Å². The Balaban J connectivity index is 1.60. The highest BCUT2D eigenvalue weighted by Crippen LogP contribution is 2.41. The molecule has 34 heavy (non-hydrogen) atoms. The van der Waals surface area contributed by atoms with Gasteiger partial charge < -0.3 is 5.11 Å². The van der Waals surface area contributed by atoms with Crippen LogP contribution in [0, 0.1) is 0 Å². The summed E-state index contributed by atoms with van der Waals surface area (Å²) in [6.07, 6.45) is 5.78. The fourth-order valence-corrected chi connectivity index (χ4v) is 6.24. The van der Waals surface area contributed by atoms with Crippen molar-refractivity contribution in [1.29, 1.82) is 0 Å². The summed E-state index contributed by atoms with van der Waals surface area (Å²) >= 11 is 3.14. The molecule has 1 unspecified atom stereocenters. The van der Waals surface area contributed by atoms with Crippen molar-refractivity contribution >= 4 is 34.9 Å². The molecule has 1 atom stereocenters. The van der Waals surface area contributed by atoms with E-state index >= 15 is 0 Å².